The molecule has 0 aliphatic rings. The summed E-state index contributed by atoms with van der Waals surface area (Å²) in [5.74, 6) is 0. The lowest BCUT2D eigenvalue weighted by Crippen LogP contribution is -1.93. The highest BCUT2D eigenvalue weighted by Gasteiger charge is 2.15. The van der Waals surface area contributed by atoms with Crippen molar-refractivity contribution in [1.29, 1.82) is 0 Å². The predicted octanol–water partition coefficient (Wildman–Crippen LogP) is 11.6. The van der Waals surface area contributed by atoms with Crippen LogP contribution in [0.2, 0.25) is 0 Å². The Kier molecular flexibility index (Phi) is 7.40. The van der Waals surface area contributed by atoms with Gasteiger partial charge in [-0.15, -0.1) is 0 Å². The van der Waals surface area contributed by atoms with Crippen molar-refractivity contribution < 1.29 is 0 Å². The minimum atomic E-state index is 0.756. The van der Waals surface area contributed by atoms with Crippen LogP contribution in [-0.2, 0) is 6.42 Å². The molecule has 9 rings (SSSR count). The number of allylic oxidation sites excluding steroid dienone is 4. The fourth-order valence-electron chi connectivity index (χ4n) is 6.98. The molecule has 4 heterocycles. The summed E-state index contributed by atoms with van der Waals surface area (Å²) in [4.78, 5) is 19.6. The largest absolute Gasteiger partial charge is 0.255 e. The summed E-state index contributed by atoms with van der Waals surface area (Å²) in [5, 5.41) is 5.70. The molecule has 0 aliphatic carbocycles. The van der Waals surface area contributed by atoms with Crippen molar-refractivity contribution in [3.05, 3.63) is 175 Å². The number of hydrogen-bond acceptors (Lipinski definition) is 4. The van der Waals surface area contributed by atoms with Crippen LogP contribution in [0.25, 0.3) is 82.5 Å². The van der Waals surface area contributed by atoms with E-state index in [0.717, 1.165) is 67.1 Å². The van der Waals surface area contributed by atoms with Gasteiger partial charge in [-0.3, -0.25) is 9.97 Å². The predicted molar refractivity (Wildman–Crippen MR) is 209 cm³/mol. The van der Waals surface area contributed by atoms with E-state index in [2.05, 4.69) is 151 Å². The van der Waals surface area contributed by atoms with Crippen LogP contribution < -0.4 is 0 Å². The SMILES string of the molecule is C/C=C(\C=C/Cc1ccc2ncccc2n1)c1ccc2cc(-c3ccc4ccc5c(-c6ccccc6)c6ccccc6nc5c4n3)ccc2c1. The second-order valence-corrected chi connectivity index (χ2v) is 12.6. The van der Waals surface area contributed by atoms with E-state index in [0.29, 0.717) is 0 Å². The van der Waals surface area contributed by atoms with Crippen LogP contribution in [-0.4, -0.2) is 19.9 Å². The number of para-hydroxylation sites is 1. The van der Waals surface area contributed by atoms with Gasteiger partial charge in [0.2, 0.25) is 0 Å². The van der Waals surface area contributed by atoms with E-state index >= 15 is 0 Å². The van der Waals surface area contributed by atoms with Gasteiger partial charge in [0.25, 0.3) is 0 Å². The van der Waals surface area contributed by atoms with E-state index in [1.165, 1.54) is 33.0 Å². The number of pyridine rings is 4. The molecule has 0 N–H and O–H groups in total. The summed E-state index contributed by atoms with van der Waals surface area (Å²) in [6, 6.07) is 48.9. The standard InChI is InChI=1S/C46H32N4/c1-2-30(12-8-13-37-23-26-42-43(48-37)16-9-27-47-42)33-17-18-35-29-36(20-19-34(35)28-33)40-25-22-32-21-24-39-44(31-10-4-3-5-11-31)38-14-6-7-15-41(38)50-46(39)45(32)49-40/h2-12,14-29H,13H2,1H3/b12-8-,30-2+. The Morgan fingerprint density at radius 3 is 2.28 bits per heavy atom. The molecule has 0 amide bonds. The number of benzene rings is 5. The van der Waals surface area contributed by atoms with Crippen LogP contribution in [0.5, 0.6) is 0 Å². The summed E-state index contributed by atoms with van der Waals surface area (Å²) in [5.41, 5.74) is 12.4. The van der Waals surface area contributed by atoms with Gasteiger partial charge in [-0.1, -0.05) is 109 Å². The maximum absolute atomic E-state index is 5.27. The first-order valence-electron chi connectivity index (χ1n) is 17.0. The Labute approximate surface area is 290 Å². The summed E-state index contributed by atoms with van der Waals surface area (Å²) >= 11 is 0. The highest BCUT2D eigenvalue weighted by Crippen LogP contribution is 2.38. The number of nitrogens with zero attached hydrogens (tertiary/aromatic N) is 4. The molecule has 0 bridgehead atoms. The summed E-state index contributed by atoms with van der Waals surface area (Å²) in [6.07, 6.45) is 9.09. The normalized spacial score (nSPS) is 12.2. The average Bonchev–Trinajstić information content (AvgIpc) is 3.18. The lowest BCUT2D eigenvalue weighted by molar-refractivity contribution is 1.14. The smallest absolute Gasteiger partial charge is 0.0978 e. The van der Waals surface area contributed by atoms with Gasteiger partial charge in [0.15, 0.2) is 0 Å². The molecule has 9 aromatic rings. The van der Waals surface area contributed by atoms with Gasteiger partial charge in [0.1, 0.15) is 0 Å². The molecule has 0 saturated heterocycles. The fraction of sp³-hybridized carbons (Fsp3) is 0.0435. The van der Waals surface area contributed by atoms with Crippen LogP contribution in [0.4, 0.5) is 0 Å². The Morgan fingerprint density at radius 2 is 1.36 bits per heavy atom. The first-order chi connectivity index (χ1) is 24.7. The zero-order chi connectivity index (χ0) is 33.4. The molecular formula is C46H32N4. The lowest BCUT2D eigenvalue weighted by atomic mass is 9.95. The van der Waals surface area contributed by atoms with Crippen LogP contribution in [0.3, 0.4) is 0 Å². The van der Waals surface area contributed by atoms with E-state index in [4.69, 9.17) is 15.0 Å². The molecule has 236 valence electrons. The number of fused-ring (bicyclic) bond motifs is 6. The van der Waals surface area contributed by atoms with Gasteiger partial charge in [-0.2, -0.15) is 0 Å². The Balaban J connectivity index is 1.05. The molecule has 0 atom stereocenters. The first kappa shape index (κ1) is 29.6. The third kappa shape index (κ3) is 5.37. The Hall–Kier alpha value is -6.52. The molecule has 0 aliphatic heterocycles. The van der Waals surface area contributed by atoms with Crippen LogP contribution in [0, 0.1) is 0 Å². The van der Waals surface area contributed by atoms with E-state index in [1.807, 2.05) is 18.2 Å². The molecule has 4 nitrogen and oxygen atoms in total. The number of rotatable bonds is 6. The van der Waals surface area contributed by atoms with E-state index in [-0.39, 0.29) is 0 Å². The van der Waals surface area contributed by atoms with Crippen molar-refractivity contribution in [1.82, 2.24) is 19.9 Å². The molecule has 4 aromatic heterocycles. The highest BCUT2D eigenvalue weighted by molar-refractivity contribution is 6.16. The van der Waals surface area contributed by atoms with Crippen molar-refractivity contribution >= 4 is 60.1 Å². The van der Waals surface area contributed by atoms with E-state index < -0.39 is 0 Å². The Bertz CT molecular complexity index is 2800. The third-order valence-corrected chi connectivity index (χ3v) is 9.49. The van der Waals surface area contributed by atoms with Gasteiger partial charge in [-0.05, 0) is 82.9 Å². The van der Waals surface area contributed by atoms with Crippen molar-refractivity contribution in [3.63, 3.8) is 0 Å². The second kappa shape index (κ2) is 12.5. The average molecular weight is 641 g/mol. The summed E-state index contributed by atoms with van der Waals surface area (Å²) in [7, 11) is 0. The van der Waals surface area contributed by atoms with E-state index in [1.54, 1.807) is 6.20 Å². The molecule has 0 fully saturated rings. The van der Waals surface area contributed by atoms with Gasteiger partial charge >= 0.3 is 0 Å². The highest BCUT2D eigenvalue weighted by atomic mass is 14.8. The second-order valence-electron chi connectivity index (χ2n) is 12.6. The zero-order valence-corrected chi connectivity index (χ0v) is 27.6. The molecular weight excluding hydrogens is 609 g/mol. The number of hydrogen-bond donors (Lipinski definition) is 0. The first-order valence-corrected chi connectivity index (χ1v) is 17.0. The number of aromatic nitrogens is 4. The van der Waals surface area contributed by atoms with Crippen molar-refractivity contribution in [2.24, 2.45) is 0 Å². The minimum Gasteiger partial charge on any atom is -0.255 e. The van der Waals surface area contributed by atoms with Gasteiger partial charge in [-0.25, -0.2) is 9.97 Å². The Morgan fingerprint density at radius 1 is 0.560 bits per heavy atom. The molecule has 0 spiro atoms. The molecule has 50 heavy (non-hydrogen) atoms. The van der Waals surface area contributed by atoms with Gasteiger partial charge in [0, 0.05) is 45.6 Å². The summed E-state index contributed by atoms with van der Waals surface area (Å²) < 4.78 is 0. The minimum absolute atomic E-state index is 0.756. The third-order valence-electron chi connectivity index (χ3n) is 9.49. The molecule has 0 unspecified atom stereocenters. The van der Waals surface area contributed by atoms with Crippen LogP contribution in [0.1, 0.15) is 18.2 Å². The molecule has 0 radical (unpaired) electrons. The fourth-order valence-corrected chi connectivity index (χ4v) is 6.98. The maximum atomic E-state index is 5.27. The summed E-state index contributed by atoms with van der Waals surface area (Å²) in [6.45, 7) is 2.09. The van der Waals surface area contributed by atoms with Gasteiger partial charge in [0.05, 0.1) is 33.3 Å². The van der Waals surface area contributed by atoms with E-state index in [9.17, 15) is 0 Å². The molecule has 5 aromatic carbocycles. The van der Waals surface area contributed by atoms with Gasteiger partial charge < -0.3 is 0 Å². The van der Waals surface area contributed by atoms with Crippen LogP contribution >= 0.6 is 0 Å². The topological polar surface area (TPSA) is 51.6 Å². The quantitative estimate of drug-likeness (QED) is 0.103. The monoisotopic (exact) mass is 640 g/mol. The maximum Gasteiger partial charge on any atom is 0.0978 e. The van der Waals surface area contributed by atoms with Crippen molar-refractivity contribution in [3.8, 4) is 22.4 Å². The zero-order valence-electron chi connectivity index (χ0n) is 27.6. The molecule has 0 saturated carbocycles. The lowest BCUT2D eigenvalue weighted by Gasteiger charge is -2.13. The van der Waals surface area contributed by atoms with Crippen molar-refractivity contribution in [2.45, 2.75) is 13.3 Å². The van der Waals surface area contributed by atoms with Crippen molar-refractivity contribution in [2.75, 3.05) is 0 Å². The van der Waals surface area contributed by atoms with Crippen LogP contribution in [0.15, 0.2) is 164 Å². The molecule has 4 heteroatoms.